The van der Waals surface area contributed by atoms with Gasteiger partial charge in [0.1, 0.15) is 0 Å². The predicted molar refractivity (Wildman–Crippen MR) is 80.7 cm³/mol. The molecule has 0 bridgehead atoms. The zero-order chi connectivity index (χ0) is 14.4. The van der Waals surface area contributed by atoms with E-state index in [1.807, 2.05) is 37.4 Å². The van der Waals surface area contributed by atoms with E-state index in [9.17, 15) is 4.79 Å². The Morgan fingerprint density at radius 3 is 3.05 bits per heavy atom. The van der Waals surface area contributed by atoms with Crippen LogP contribution in [0.1, 0.15) is 12.6 Å². The van der Waals surface area contributed by atoms with E-state index >= 15 is 0 Å². The molecule has 1 aromatic carbocycles. The quantitative estimate of drug-likeness (QED) is 0.590. The fraction of sp³-hybridized carbons (Fsp3) is 0.133. The number of hydrogen-bond acceptors (Lipinski definition) is 3. The molecular weight excluding hydrogens is 266 g/mol. The molecule has 4 rings (SSSR count). The maximum absolute atomic E-state index is 12.2. The molecular formula is C15H13N5O. The summed E-state index contributed by atoms with van der Waals surface area (Å²) in [7, 11) is 0. The molecule has 2 N–H and O–H groups in total. The number of aryl methyl sites for hydroxylation is 1. The Hall–Kier alpha value is -2.89. The third-order valence-corrected chi connectivity index (χ3v) is 3.60. The van der Waals surface area contributed by atoms with E-state index in [0.29, 0.717) is 11.3 Å². The third-order valence-electron chi connectivity index (χ3n) is 3.60. The third kappa shape index (κ3) is 1.76. The summed E-state index contributed by atoms with van der Waals surface area (Å²) in [4.78, 5) is 26.9. The van der Waals surface area contributed by atoms with Crippen LogP contribution in [0.3, 0.4) is 0 Å². The fourth-order valence-corrected chi connectivity index (χ4v) is 2.50. The molecule has 0 unspecified atom stereocenters. The number of aromatic amines is 2. The molecule has 0 aliphatic heterocycles. The van der Waals surface area contributed by atoms with Gasteiger partial charge in [-0.2, -0.15) is 0 Å². The summed E-state index contributed by atoms with van der Waals surface area (Å²) in [5.41, 5.74) is 3.51. The van der Waals surface area contributed by atoms with Crippen LogP contribution in [0.15, 0.2) is 41.5 Å². The molecule has 0 radical (unpaired) electrons. The molecule has 0 amide bonds. The molecule has 0 atom stereocenters. The Morgan fingerprint density at radius 1 is 1.29 bits per heavy atom. The number of H-pyrrole nitrogens is 2. The summed E-state index contributed by atoms with van der Waals surface area (Å²) in [6, 6.07) is 7.78. The minimum atomic E-state index is -0.229. The maximum Gasteiger partial charge on any atom is 0.333 e. The predicted octanol–water partition coefficient (Wildman–Crippen LogP) is 2.15. The van der Waals surface area contributed by atoms with E-state index < -0.39 is 0 Å². The van der Waals surface area contributed by atoms with Gasteiger partial charge in [0.15, 0.2) is 11.3 Å². The highest BCUT2D eigenvalue weighted by atomic mass is 16.1. The second-order valence-electron chi connectivity index (χ2n) is 4.90. The Labute approximate surface area is 119 Å². The van der Waals surface area contributed by atoms with Crippen LogP contribution < -0.4 is 5.69 Å². The highest BCUT2D eigenvalue weighted by Crippen LogP contribution is 2.18. The Bertz CT molecular complexity index is 1010. The van der Waals surface area contributed by atoms with Crippen LogP contribution in [0.25, 0.3) is 27.9 Å². The van der Waals surface area contributed by atoms with Gasteiger partial charge in [-0.3, -0.25) is 4.98 Å². The number of imidazole rings is 1. The van der Waals surface area contributed by atoms with Crippen molar-refractivity contribution in [3.8, 4) is 5.69 Å². The SMILES string of the molecule is CCc1cnc2[nH]c(=O)n(-c3ccc4[nH]ccc4c3)c2n1. The lowest BCUT2D eigenvalue weighted by Crippen LogP contribution is -2.15. The van der Waals surface area contributed by atoms with Gasteiger partial charge >= 0.3 is 5.69 Å². The molecule has 3 aromatic heterocycles. The van der Waals surface area contributed by atoms with E-state index in [1.54, 1.807) is 10.8 Å². The summed E-state index contributed by atoms with van der Waals surface area (Å²) in [5.74, 6) is 0. The summed E-state index contributed by atoms with van der Waals surface area (Å²) in [6.07, 6.45) is 4.35. The van der Waals surface area contributed by atoms with Crippen molar-refractivity contribution in [2.45, 2.75) is 13.3 Å². The Kier molecular flexibility index (Phi) is 2.44. The molecule has 21 heavy (non-hydrogen) atoms. The van der Waals surface area contributed by atoms with E-state index in [4.69, 9.17) is 0 Å². The van der Waals surface area contributed by atoms with Crippen LogP contribution in [0.5, 0.6) is 0 Å². The summed E-state index contributed by atoms with van der Waals surface area (Å²) in [5, 5.41) is 1.05. The van der Waals surface area contributed by atoms with Gasteiger partial charge in [-0.1, -0.05) is 6.92 Å². The monoisotopic (exact) mass is 279 g/mol. The van der Waals surface area contributed by atoms with Crippen molar-refractivity contribution < 1.29 is 0 Å². The Balaban J connectivity index is 2.03. The van der Waals surface area contributed by atoms with Gasteiger partial charge in [0.05, 0.1) is 17.6 Å². The van der Waals surface area contributed by atoms with Gasteiger partial charge in [0, 0.05) is 17.1 Å². The van der Waals surface area contributed by atoms with Crippen LogP contribution in [-0.4, -0.2) is 24.5 Å². The van der Waals surface area contributed by atoms with Crippen LogP contribution >= 0.6 is 0 Å². The van der Waals surface area contributed by atoms with E-state index in [1.165, 1.54) is 0 Å². The first kappa shape index (κ1) is 11.9. The van der Waals surface area contributed by atoms with Crippen molar-refractivity contribution in [3.05, 3.63) is 52.8 Å². The van der Waals surface area contributed by atoms with Crippen molar-refractivity contribution in [2.24, 2.45) is 0 Å². The molecule has 6 heteroatoms. The van der Waals surface area contributed by atoms with E-state index in [0.717, 1.165) is 28.7 Å². The largest absolute Gasteiger partial charge is 0.361 e. The summed E-state index contributed by atoms with van der Waals surface area (Å²) < 4.78 is 1.56. The number of nitrogens with zero attached hydrogens (tertiary/aromatic N) is 3. The number of benzene rings is 1. The minimum Gasteiger partial charge on any atom is -0.361 e. The smallest absolute Gasteiger partial charge is 0.333 e. The zero-order valence-electron chi connectivity index (χ0n) is 11.4. The first-order valence-corrected chi connectivity index (χ1v) is 6.80. The second-order valence-corrected chi connectivity index (χ2v) is 4.90. The number of nitrogens with one attached hydrogen (secondary N) is 2. The normalized spacial score (nSPS) is 11.5. The molecule has 0 saturated heterocycles. The highest BCUT2D eigenvalue weighted by Gasteiger charge is 2.12. The maximum atomic E-state index is 12.2. The van der Waals surface area contributed by atoms with Gasteiger partial charge in [0.25, 0.3) is 0 Å². The molecule has 0 aliphatic rings. The van der Waals surface area contributed by atoms with Crippen LogP contribution in [0.4, 0.5) is 0 Å². The summed E-state index contributed by atoms with van der Waals surface area (Å²) >= 11 is 0. The van der Waals surface area contributed by atoms with Crippen molar-refractivity contribution >= 4 is 22.2 Å². The van der Waals surface area contributed by atoms with Gasteiger partial charge < -0.3 is 4.98 Å². The van der Waals surface area contributed by atoms with Crippen LogP contribution in [0.2, 0.25) is 0 Å². The molecule has 3 heterocycles. The molecule has 104 valence electrons. The van der Waals surface area contributed by atoms with Crippen LogP contribution in [-0.2, 0) is 6.42 Å². The number of hydrogen-bond donors (Lipinski definition) is 2. The van der Waals surface area contributed by atoms with Gasteiger partial charge in [0.2, 0.25) is 0 Å². The minimum absolute atomic E-state index is 0.229. The number of rotatable bonds is 2. The lowest BCUT2D eigenvalue weighted by molar-refractivity contribution is 0.975. The van der Waals surface area contributed by atoms with Crippen molar-refractivity contribution in [1.29, 1.82) is 0 Å². The average Bonchev–Trinajstić information content (AvgIpc) is 3.08. The fourth-order valence-electron chi connectivity index (χ4n) is 2.50. The molecule has 0 aliphatic carbocycles. The molecule has 0 spiro atoms. The molecule has 4 aromatic rings. The lowest BCUT2D eigenvalue weighted by atomic mass is 10.2. The number of fused-ring (bicyclic) bond motifs is 2. The van der Waals surface area contributed by atoms with Gasteiger partial charge in [-0.05, 0) is 30.7 Å². The molecule has 0 fully saturated rings. The topological polar surface area (TPSA) is 79.4 Å². The second kappa shape index (κ2) is 4.31. The first-order chi connectivity index (χ1) is 10.3. The highest BCUT2D eigenvalue weighted by molar-refractivity contribution is 5.82. The van der Waals surface area contributed by atoms with Crippen molar-refractivity contribution in [2.75, 3.05) is 0 Å². The number of aromatic nitrogens is 5. The van der Waals surface area contributed by atoms with Crippen molar-refractivity contribution in [3.63, 3.8) is 0 Å². The lowest BCUT2D eigenvalue weighted by Gasteiger charge is -2.03. The Morgan fingerprint density at radius 2 is 2.19 bits per heavy atom. The van der Waals surface area contributed by atoms with Crippen LogP contribution in [0, 0.1) is 0 Å². The first-order valence-electron chi connectivity index (χ1n) is 6.80. The molecule has 0 saturated carbocycles. The average molecular weight is 279 g/mol. The van der Waals surface area contributed by atoms with Crippen molar-refractivity contribution in [1.82, 2.24) is 24.5 Å². The van der Waals surface area contributed by atoms with E-state index in [-0.39, 0.29) is 5.69 Å². The zero-order valence-corrected chi connectivity index (χ0v) is 11.4. The van der Waals surface area contributed by atoms with Gasteiger partial charge in [-0.15, -0.1) is 0 Å². The van der Waals surface area contributed by atoms with E-state index in [2.05, 4.69) is 19.9 Å². The standard InChI is InChI=1S/C15H13N5O/c1-2-10-8-17-13-14(18-10)20(15(21)19-13)11-3-4-12-9(7-11)5-6-16-12/h3-8,16H,2H2,1H3,(H,17,19,21). The molecule has 6 nitrogen and oxygen atoms in total. The summed E-state index contributed by atoms with van der Waals surface area (Å²) in [6.45, 7) is 2.01. The van der Waals surface area contributed by atoms with Gasteiger partial charge in [-0.25, -0.2) is 19.3 Å².